The molecule has 1 rings (SSSR count). The zero-order chi connectivity index (χ0) is 10.6. The van der Waals surface area contributed by atoms with Gasteiger partial charge in [0.05, 0.1) is 12.2 Å². The molecule has 1 nitrogen and oxygen atoms in total. The van der Waals surface area contributed by atoms with Crippen LogP contribution in [0.25, 0.3) is 0 Å². The summed E-state index contributed by atoms with van der Waals surface area (Å²) < 4.78 is 5.78. The maximum absolute atomic E-state index is 5.78. The van der Waals surface area contributed by atoms with Gasteiger partial charge in [-0.25, -0.2) is 0 Å². The van der Waals surface area contributed by atoms with Crippen LogP contribution in [0.1, 0.15) is 31.1 Å². The number of alkyl halides is 1. The van der Waals surface area contributed by atoms with Gasteiger partial charge >= 0.3 is 0 Å². The van der Waals surface area contributed by atoms with Crippen molar-refractivity contribution >= 4 is 15.9 Å². The minimum absolute atomic E-state index is 0.163. The smallest absolute Gasteiger partial charge is 0.0925 e. The minimum atomic E-state index is 0.163. The third-order valence-corrected chi connectivity index (χ3v) is 2.61. The van der Waals surface area contributed by atoms with Crippen LogP contribution in [0, 0.1) is 6.92 Å². The Hall–Kier alpha value is -0.340. The van der Waals surface area contributed by atoms with Gasteiger partial charge in [-0.15, -0.1) is 0 Å². The second-order valence-electron chi connectivity index (χ2n) is 3.74. The molecule has 0 aliphatic carbocycles. The zero-order valence-corrected chi connectivity index (χ0v) is 10.5. The van der Waals surface area contributed by atoms with Gasteiger partial charge in [0.1, 0.15) is 0 Å². The van der Waals surface area contributed by atoms with Gasteiger partial charge in [0.2, 0.25) is 0 Å². The van der Waals surface area contributed by atoms with Crippen molar-refractivity contribution < 1.29 is 4.74 Å². The van der Waals surface area contributed by atoms with Crippen molar-refractivity contribution in [1.82, 2.24) is 0 Å². The quantitative estimate of drug-likeness (QED) is 0.744. The van der Waals surface area contributed by atoms with Crippen LogP contribution in [0.5, 0.6) is 0 Å². The lowest BCUT2D eigenvalue weighted by molar-refractivity contribution is 0.0214. The van der Waals surface area contributed by atoms with Gasteiger partial charge in [-0.1, -0.05) is 45.8 Å². The molecule has 0 amide bonds. The summed E-state index contributed by atoms with van der Waals surface area (Å²) in [5.41, 5.74) is 2.52. The van der Waals surface area contributed by atoms with E-state index < -0.39 is 0 Å². The zero-order valence-electron chi connectivity index (χ0n) is 8.96. The van der Waals surface area contributed by atoms with Crippen LogP contribution in [0.2, 0.25) is 0 Å². The summed E-state index contributed by atoms with van der Waals surface area (Å²) >= 11 is 3.47. The molecular weight excluding hydrogens is 240 g/mol. The van der Waals surface area contributed by atoms with E-state index in [2.05, 4.69) is 61.0 Å². The molecule has 0 spiro atoms. The Morgan fingerprint density at radius 3 is 2.21 bits per heavy atom. The number of halogens is 1. The Kier molecular flexibility index (Phi) is 4.63. The Morgan fingerprint density at radius 1 is 1.21 bits per heavy atom. The lowest BCUT2D eigenvalue weighted by Gasteiger charge is -2.18. The number of ether oxygens (including phenoxy) is 1. The van der Waals surface area contributed by atoms with Crippen LogP contribution in [0.4, 0.5) is 0 Å². The largest absolute Gasteiger partial charge is 0.370 e. The highest BCUT2D eigenvalue weighted by molar-refractivity contribution is 9.09. The van der Waals surface area contributed by atoms with Crippen LogP contribution in [0.3, 0.4) is 0 Å². The predicted molar refractivity (Wildman–Crippen MR) is 63.9 cm³/mol. The molecule has 0 aliphatic rings. The van der Waals surface area contributed by atoms with Gasteiger partial charge < -0.3 is 4.74 Å². The molecule has 1 atom stereocenters. The molecule has 1 aromatic carbocycles. The predicted octanol–water partition coefficient (Wildman–Crippen LogP) is 3.86. The first-order valence-corrected chi connectivity index (χ1v) is 6.03. The van der Waals surface area contributed by atoms with Crippen LogP contribution < -0.4 is 0 Å². The highest BCUT2D eigenvalue weighted by atomic mass is 79.9. The topological polar surface area (TPSA) is 9.23 Å². The van der Waals surface area contributed by atoms with E-state index in [1.165, 1.54) is 11.1 Å². The van der Waals surface area contributed by atoms with E-state index in [4.69, 9.17) is 4.74 Å². The third-order valence-electron chi connectivity index (χ3n) is 2.03. The van der Waals surface area contributed by atoms with Crippen molar-refractivity contribution in [3.63, 3.8) is 0 Å². The summed E-state index contributed by atoms with van der Waals surface area (Å²) in [5, 5.41) is 0.842. The lowest BCUT2D eigenvalue weighted by Crippen LogP contribution is -2.11. The molecule has 0 N–H and O–H groups in total. The summed E-state index contributed by atoms with van der Waals surface area (Å²) in [7, 11) is 0. The van der Waals surface area contributed by atoms with Crippen molar-refractivity contribution in [2.75, 3.05) is 5.33 Å². The summed E-state index contributed by atoms with van der Waals surface area (Å²) in [6, 6.07) is 8.50. The number of rotatable bonds is 4. The SMILES string of the molecule is Cc1ccc(C(CBr)OC(C)C)cc1. The Bertz CT molecular complexity index is 266. The highest BCUT2D eigenvalue weighted by Gasteiger charge is 2.11. The Labute approximate surface area is 94.6 Å². The van der Waals surface area contributed by atoms with Gasteiger partial charge in [0, 0.05) is 5.33 Å². The molecule has 1 aromatic rings. The maximum atomic E-state index is 5.78. The molecule has 0 radical (unpaired) electrons. The van der Waals surface area contributed by atoms with E-state index in [9.17, 15) is 0 Å². The number of aryl methyl sites for hydroxylation is 1. The summed E-state index contributed by atoms with van der Waals surface area (Å²) in [6.07, 6.45) is 0.425. The second kappa shape index (κ2) is 5.52. The van der Waals surface area contributed by atoms with Crippen molar-refractivity contribution in [3.05, 3.63) is 35.4 Å². The first kappa shape index (κ1) is 11.7. The summed E-state index contributed by atoms with van der Waals surface area (Å²) in [5.74, 6) is 0. The van der Waals surface area contributed by atoms with Gasteiger partial charge in [-0.3, -0.25) is 0 Å². The first-order chi connectivity index (χ1) is 6.63. The molecular formula is C12H17BrO. The second-order valence-corrected chi connectivity index (χ2v) is 4.39. The van der Waals surface area contributed by atoms with E-state index >= 15 is 0 Å². The average molecular weight is 257 g/mol. The molecule has 0 heterocycles. The minimum Gasteiger partial charge on any atom is -0.370 e. The normalized spacial score (nSPS) is 13.2. The first-order valence-electron chi connectivity index (χ1n) is 4.91. The molecule has 2 heteroatoms. The van der Waals surface area contributed by atoms with Gasteiger partial charge in [0.15, 0.2) is 0 Å². The molecule has 0 saturated heterocycles. The van der Waals surface area contributed by atoms with Crippen LogP contribution in [-0.4, -0.2) is 11.4 Å². The van der Waals surface area contributed by atoms with E-state index in [0.29, 0.717) is 0 Å². The molecule has 0 aromatic heterocycles. The molecule has 1 unspecified atom stereocenters. The number of hydrogen-bond donors (Lipinski definition) is 0. The average Bonchev–Trinajstić information content (AvgIpc) is 2.15. The number of hydrogen-bond acceptors (Lipinski definition) is 1. The fraction of sp³-hybridized carbons (Fsp3) is 0.500. The monoisotopic (exact) mass is 256 g/mol. The molecule has 0 fully saturated rings. The van der Waals surface area contributed by atoms with Crippen LogP contribution in [-0.2, 0) is 4.74 Å². The van der Waals surface area contributed by atoms with E-state index in [1.807, 2.05) is 0 Å². The maximum Gasteiger partial charge on any atom is 0.0925 e. The van der Waals surface area contributed by atoms with Crippen molar-refractivity contribution in [2.45, 2.75) is 33.0 Å². The van der Waals surface area contributed by atoms with Gasteiger partial charge in [-0.2, -0.15) is 0 Å². The Balaban J connectivity index is 2.73. The molecule has 78 valence electrons. The lowest BCUT2D eigenvalue weighted by atomic mass is 10.1. The fourth-order valence-corrected chi connectivity index (χ4v) is 1.84. The van der Waals surface area contributed by atoms with Crippen LogP contribution in [0.15, 0.2) is 24.3 Å². The van der Waals surface area contributed by atoms with Crippen molar-refractivity contribution in [2.24, 2.45) is 0 Å². The standard InChI is InChI=1S/C12H17BrO/c1-9(2)14-12(8-13)11-6-4-10(3)5-7-11/h4-7,9,12H,8H2,1-3H3. The van der Waals surface area contributed by atoms with E-state index in [0.717, 1.165) is 5.33 Å². The highest BCUT2D eigenvalue weighted by Crippen LogP contribution is 2.21. The summed E-state index contributed by atoms with van der Waals surface area (Å²) in [4.78, 5) is 0. The molecule has 14 heavy (non-hydrogen) atoms. The van der Waals surface area contributed by atoms with E-state index in [-0.39, 0.29) is 12.2 Å². The fourth-order valence-electron chi connectivity index (χ4n) is 1.31. The van der Waals surface area contributed by atoms with E-state index in [1.54, 1.807) is 0 Å². The third kappa shape index (κ3) is 3.43. The van der Waals surface area contributed by atoms with Crippen molar-refractivity contribution in [1.29, 1.82) is 0 Å². The van der Waals surface area contributed by atoms with Crippen molar-refractivity contribution in [3.8, 4) is 0 Å². The Morgan fingerprint density at radius 2 is 1.79 bits per heavy atom. The number of benzene rings is 1. The molecule has 0 bridgehead atoms. The van der Waals surface area contributed by atoms with Gasteiger partial charge in [-0.05, 0) is 26.3 Å². The summed E-state index contributed by atoms with van der Waals surface area (Å²) in [6.45, 7) is 6.21. The molecule has 0 aliphatic heterocycles. The van der Waals surface area contributed by atoms with Crippen LogP contribution >= 0.6 is 15.9 Å². The molecule has 0 saturated carbocycles. The van der Waals surface area contributed by atoms with Gasteiger partial charge in [0.25, 0.3) is 0 Å².